The largest absolute Gasteiger partial charge is 0.370 e. The normalized spacial score (nSPS) is 19.6. The molecule has 0 saturated carbocycles. The predicted octanol–water partition coefficient (Wildman–Crippen LogP) is 1.49. The summed E-state index contributed by atoms with van der Waals surface area (Å²) in [4.78, 5) is 10.4. The molecule has 1 aliphatic heterocycles. The Balaban J connectivity index is 1.77. The van der Waals surface area contributed by atoms with E-state index in [1.165, 1.54) is 25.8 Å². The third-order valence-electron chi connectivity index (χ3n) is 3.32. The molecule has 0 aliphatic carbocycles. The number of hydrogen-bond acceptors (Lipinski definition) is 5. The SMILES string of the molecule is CN(C)c1cc(NCCC2CCCCN2)ncn1. The molecule has 2 rings (SSSR count). The number of rotatable bonds is 5. The monoisotopic (exact) mass is 249 g/mol. The molecular weight excluding hydrogens is 226 g/mol. The molecule has 1 aliphatic rings. The van der Waals surface area contributed by atoms with Gasteiger partial charge >= 0.3 is 0 Å². The molecule has 5 heteroatoms. The standard InChI is InChI=1S/C13H23N5/c1-18(2)13-9-12(16-10-17-13)15-8-6-11-5-3-4-7-14-11/h9-11,14H,3-8H2,1-2H3,(H,15,16,17). The predicted molar refractivity (Wildman–Crippen MR) is 75.1 cm³/mol. The Kier molecular flexibility index (Phi) is 4.75. The van der Waals surface area contributed by atoms with Gasteiger partial charge in [0.15, 0.2) is 0 Å². The van der Waals surface area contributed by atoms with Crippen molar-refractivity contribution >= 4 is 11.6 Å². The van der Waals surface area contributed by atoms with Crippen LogP contribution < -0.4 is 15.5 Å². The molecule has 1 aromatic rings. The second kappa shape index (κ2) is 6.54. The Bertz CT molecular complexity index is 360. The van der Waals surface area contributed by atoms with Crippen LogP contribution in [0.3, 0.4) is 0 Å². The fourth-order valence-electron chi connectivity index (χ4n) is 2.23. The third-order valence-corrected chi connectivity index (χ3v) is 3.32. The summed E-state index contributed by atoms with van der Waals surface area (Å²) >= 11 is 0. The van der Waals surface area contributed by atoms with Crippen LogP contribution >= 0.6 is 0 Å². The fourth-order valence-corrected chi connectivity index (χ4v) is 2.23. The summed E-state index contributed by atoms with van der Waals surface area (Å²) < 4.78 is 0. The molecule has 0 radical (unpaired) electrons. The highest BCUT2D eigenvalue weighted by Crippen LogP contribution is 2.13. The summed E-state index contributed by atoms with van der Waals surface area (Å²) in [6.45, 7) is 2.13. The highest BCUT2D eigenvalue weighted by atomic mass is 15.2. The minimum Gasteiger partial charge on any atom is -0.370 e. The highest BCUT2D eigenvalue weighted by molar-refractivity contribution is 5.47. The summed E-state index contributed by atoms with van der Waals surface area (Å²) in [6, 6.07) is 2.65. The second-order valence-electron chi connectivity index (χ2n) is 5.02. The van der Waals surface area contributed by atoms with Crippen LogP contribution in [0, 0.1) is 0 Å². The minimum atomic E-state index is 0.668. The third kappa shape index (κ3) is 3.84. The molecule has 1 aromatic heterocycles. The Morgan fingerprint density at radius 2 is 2.28 bits per heavy atom. The van der Waals surface area contributed by atoms with Crippen LogP contribution in [-0.2, 0) is 0 Å². The lowest BCUT2D eigenvalue weighted by molar-refractivity contribution is 0.389. The van der Waals surface area contributed by atoms with Crippen molar-refractivity contribution in [3.8, 4) is 0 Å². The number of nitrogens with zero attached hydrogens (tertiary/aromatic N) is 3. The molecular formula is C13H23N5. The quantitative estimate of drug-likeness (QED) is 0.828. The van der Waals surface area contributed by atoms with Crippen LogP contribution in [0.4, 0.5) is 11.6 Å². The molecule has 1 unspecified atom stereocenters. The van der Waals surface area contributed by atoms with Gasteiger partial charge in [0, 0.05) is 32.7 Å². The Morgan fingerprint density at radius 3 is 3.00 bits per heavy atom. The number of piperidine rings is 1. The molecule has 100 valence electrons. The van der Waals surface area contributed by atoms with Crippen molar-refractivity contribution in [2.24, 2.45) is 0 Å². The smallest absolute Gasteiger partial charge is 0.133 e. The van der Waals surface area contributed by atoms with Gasteiger partial charge in [-0.1, -0.05) is 6.42 Å². The molecule has 2 N–H and O–H groups in total. The lowest BCUT2D eigenvalue weighted by atomic mass is 10.0. The molecule has 0 spiro atoms. The van der Waals surface area contributed by atoms with Gasteiger partial charge in [0.25, 0.3) is 0 Å². The second-order valence-corrected chi connectivity index (χ2v) is 5.02. The summed E-state index contributed by atoms with van der Waals surface area (Å²) in [5.74, 6) is 1.84. The number of nitrogens with one attached hydrogen (secondary N) is 2. The molecule has 2 heterocycles. The van der Waals surface area contributed by atoms with Crippen LogP contribution in [0.2, 0.25) is 0 Å². The maximum atomic E-state index is 4.24. The van der Waals surface area contributed by atoms with E-state index in [1.54, 1.807) is 6.33 Å². The molecule has 18 heavy (non-hydrogen) atoms. The van der Waals surface area contributed by atoms with Crippen molar-refractivity contribution in [3.63, 3.8) is 0 Å². The van der Waals surface area contributed by atoms with Gasteiger partial charge in [-0.25, -0.2) is 9.97 Å². The van der Waals surface area contributed by atoms with Gasteiger partial charge in [0.1, 0.15) is 18.0 Å². The van der Waals surface area contributed by atoms with Crippen molar-refractivity contribution in [1.82, 2.24) is 15.3 Å². The lowest BCUT2D eigenvalue weighted by Gasteiger charge is -2.23. The molecule has 0 bridgehead atoms. The molecule has 0 amide bonds. The van der Waals surface area contributed by atoms with Gasteiger partial charge in [-0.15, -0.1) is 0 Å². The van der Waals surface area contributed by atoms with E-state index in [2.05, 4.69) is 20.6 Å². The molecule has 1 saturated heterocycles. The van der Waals surface area contributed by atoms with E-state index in [9.17, 15) is 0 Å². The Hall–Kier alpha value is -1.36. The van der Waals surface area contributed by atoms with Gasteiger partial charge in [0.2, 0.25) is 0 Å². The van der Waals surface area contributed by atoms with Crippen molar-refractivity contribution < 1.29 is 0 Å². The number of hydrogen-bond donors (Lipinski definition) is 2. The average molecular weight is 249 g/mol. The maximum absolute atomic E-state index is 4.24. The van der Waals surface area contributed by atoms with E-state index in [0.29, 0.717) is 6.04 Å². The zero-order chi connectivity index (χ0) is 12.8. The Morgan fingerprint density at radius 1 is 1.39 bits per heavy atom. The van der Waals surface area contributed by atoms with Gasteiger partial charge in [-0.05, 0) is 25.8 Å². The summed E-state index contributed by atoms with van der Waals surface area (Å²) in [5.41, 5.74) is 0. The van der Waals surface area contributed by atoms with Gasteiger partial charge < -0.3 is 15.5 Å². The first-order valence-corrected chi connectivity index (χ1v) is 6.72. The molecule has 1 fully saturated rings. The topological polar surface area (TPSA) is 53.1 Å². The first kappa shape index (κ1) is 13.1. The Labute approximate surface area is 109 Å². The van der Waals surface area contributed by atoms with E-state index < -0.39 is 0 Å². The molecule has 5 nitrogen and oxygen atoms in total. The molecule has 1 atom stereocenters. The zero-order valence-corrected chi connectivity index (χ0v) is 11.3. The van der Waals surface area contributed by atoms with Crippen molar-refractivity contribution in [2.45, 2.75) is 31.7 Å². The van der Waals surface area contributed by atoms with E-state index in [0.717, 1.165) is 24.6 Å². The summed E-state index contributed by atoms with van der Waals surface area (Å²) in [5, 5.41) is 6.92. The average Bonchev–Trinajstić information content (AvgIpc) is 2.40. The van der Waals surface area contributed by atoms with Crippen LogP contribution in [-0.4, -0.2) is 43.2 Å². The minimum absolute atomic E-state index is 0.668. The van der Waals surface area contributed by atoms with E-state index in [1.807, 2.05) is 25.1 Å². The van der Waals surface area contributed by atoms with Crippen molar-refractivity contribution in [1.29, 1.82) is 0 Å². The first-order chi connectivity index (χ1) is 8.75. The summed E-state index contributed by atoms with van der Waals surface area (Å²) in [7, 11) is 3.97. The van der Waals surface area contributed by atoms with Gasteiger partial charge in [0.05, 0.1) is 0 Å². The number of aromatic nitrogens is 2. The van der Waals surface area contributed by atoms with Crippen LogP contribution in [0.1, 0.15) is 25.7 Å². The highest BCUT2D eigenvalue weighted by Gasteiger charge is 2.11. The fraction of sp³-hybridized carbons (Fsp3) is 0.692. The zero-order valence-electron chi connectivity index (χ0n) is 11.3. The number of anilines is 2. The van der Waals surface area contributed by atoms with Gasteiger partial charge in [-0.3, -0.25) is 0 Å². The van der Waals surface area contributed by atoms with Crippen LogP contribution in [0.25, 0.3) is 0 Å². The van der Waals surface area contributed by atoms with Crippen LogP contribution in [0.15, 0.2) is 12.4 Å². The lowest BCUT2D eigenvalue weighted by Crippen LogP contribution is -2.35. The van der Waals surface area contributed by atoms with Crippen LogP contribution in [0.5, 0.6) is 0 Å². The maximum Gasteiger partial charge on any atom is 0.133 e. The van der Waals surface area contributed by atoms with Crippen molar-refractivity contribution in [2.75, 3.05) is 37.4 Å². The first-order valence-electron chi connectivity index (χ1n) is 6.72. The van der Waals surface area contributed by atoms with Crippen molar-refractivity contribution in [3.05, 3.63) is 12.4 Å². The van der Waals surface area contributed by atoms with E-state index in [-0.39, 0.29) is 0 Å². The van der Waals surface area contributed by atoms with E-state index in [4.69, 9.17) is 0 Å². The van der Waals surface area contributed by atoms with Gasteiger partial charge in [-0.2, -0.15) is 0 Å². The summed E-state index contributed by atoms with van der Waals surface area (Å²) in [6.07, 6.45) is 6.74. The van der Waals surface area contributed by atoms with E-state index >= 15 is 0 Å². The molecule has 0 aromatic carbocycles.